The summed E-state index contributed by atoms with van der Waals surface area (Å²) in [5, 5.41) is 19.0. The van der Waals surface area contributed by atoms with Gasteiger partial charge in [0, 0.05) is 47.8 Å². The van der Waals surface area contributed by atoms with Crippen LogP contribution in [0.15, 0.2) is 47.3 Å². The first-order valence-electron chi connectivity index (χ1n) is 11.6. The van der Waals surface area contributed by atoms with Crippen LogP contribution in [-0.2, 0) is 16.5 Å². The standard InChI is InChI=1S/C25H24F3N5O4/c1-24(2,35)17-11-18-15(12-33(32-18)16-4-7-36-8-5-16)9-19(17)30-22(34)20-13-37-23(31-20)14-3-6-29-21(10-14)25(26,27)28/h3,6,9-13,16,35H,4-5,7-8H2,1-2H3,(H,30,34). The number of carbonyl (C=O) groups excluding carboxylic acids is 1. The average molecular weight is 515 g/mol. The molecule has 0 saturated carbocycles. The van der Waals surface area contributed by atoms with Crippen molar-refractivity contribution in [2.24, 2.45) is 0 Å². The van der Waals surface area contributed by atoms with Crippen molar-refractivity contribution >= 4 is 22.5 Å². The Morgan fingerprint density at radius 2 is 1.95 bits per heavy atom. The lowest BCUT2D eigenvalue weighted by molar-refractivity contribution is -0.141. The lowest BCUT2D eigenvalue weighted by atomic mass is 9.95. The minimum Gasteiger partial charge on any atom is -0.444 e. The van der Waals surface area contributed by atoms with Gasteiger partial charge in [-0.15, -0.1) is 0 Å². The zero-order valence-corrected chi connectivity index (χ0v) is 20.0. The van der Waals surface area contributed by atoms with Gasteiger partial charge in [0.25, 0.3) is 5.91 Å². The third-order valence-electron chi connectivity index (χ3n) is 6.17. The number of pyridine rings is 1. The highest BCUT2D eigenvalue weighted by Gasteiger charge is 2.33. The molecule has 1 aliphatic heterocycles. The van der Waals surface area contributed by atoms with Crippen LogP contribution in [0.1, 0.15) is 54.5 Å². The van der Waals surface area contributed by atoms with Crippen molar-refractivity contribution in [2.45, 2.75) is 44.5 Å². The summed E-state index contributed by atoms with van der Waals surface area (Å²) in [6, 6.07) is 5.75. The molecule has 12 heteroatoms. The third-order valence-corrected chi connectivity index (χ3v) is 6.17. The molecule has 4 aromatic rings. The lowest BCUT2D eigenvalue weighted by Gasteiger charge is -2.22. The van der Waals surface area contributed by atoms with E-state index in [1.807, 2.05) is 10.9 Å². The third kappa shape index (κ3) is 5.20. The first-order valence-corrected chi connectivity index (χ1v) is 11.6. The lowest BCUT2D eigenvalue weighted by Crippen LogP contribution is -2.21. The summed E-state index contributed by atoms with van der Waals surface area (Å²) < 4.78 is 51.6. The van der Waals surface area contributed by atoms with Gasteiger partial charge in [0.2, 0.25) is 5.89 Å². The number of hydrogen-bond acceptors (Lipinski definition) is 7. The summed E-state index contributed by atoms with van der Waals surface area (Å²) in [5.74, 6) is -0.810. The van der Waals surface area contributed by atoms with E-state index in [1.54, 1.807) is 26.0 Å². The minimum absolute atomic E-state index is 0.0282. The summed E-state index contributed by atoms with van der Waals surface area (Å²) in [5.41, 5.74) is -1.05. The zero-order chi connectivity index (χ0) is 26.4. The van der Waals surface area contributed by atoms with Gasteiger partial charge in [0.05, 0.1) is 17.2 Å². The number of oxazole rings is 1. The average Bonchev–Trinajstić information content (AvgIpc) is 3.51. The summed E-state index contributed by atoms with van der Waals surface area (Å²) >= 11 is 0. The summed E-state index contributed by atoms with van der Waals surface area (Å²) in [4.78, 5) is 20.4. The molecule has 0 atom stereocenters. The molecule has 194 valence electrons. The Morgan fingerprint density at radius 1 is 1.19 bits per heavy atom. The predicted molar refractivity (Wildman–Crippen MR) is 127 cm³/mol. The Balaban J connectivity index is 1.43. The second-order valence-electron chi connectivity index (χ2n) is 9.39. The summed E-state index contributed by atoms with van der Waals surface area (Å²) in [6.07, 6.45) is 0.995. The molecule has 1 fully saturated rings. The molecule has 2 N–H and O–H groups in total. The van der Waals surface area contributed by atoms with Crippen molar-refractivity contribution in [3.63, 3.8) is 0 Å². The summed E-state index contributed by atoms with van der Waals surface area (Å²) in [6.45, 7) is 4.51. The van der Waals surface area contributed by atoms with Crippen LogP contribution in [0.4, 0.5) is 18.9 Å². The first kappa shape index (κ1) is 24.9. The van der Waals surface area contributed by atoms with Crippen LogP contribution in [0.5, 0.6) is 0 Å². The van der Waals surface area contributed by atoms with Gasteiger partial charge in [-0.1, -0.05) is 0 Å². The second-order valence-corrected chi connectivity index (χ2v) is 9.39. The highest BCUT2D eigenvalue weighted by Crippen LogP contribution is 2.34. The van der Waals surface area contributed by atoms with E-state index in [4.69, 9.17) is 9.15 Å². The molecule has 1 saturated heterocycles. The Bertz CT molecular complexity index is 1450. The number of benzene rings is 1. The fourth-order valence-electron chi connectivity index (χ4n) is 4.25. The highest BCUT2D eigenvalue weighted by molar-refractivity contribution is 6.04. The van der Waals surface area contributed by atoms with Gasteiger partial charge in [-0.2, -0.15) is 18.3 Å². The van der Waals surface area contributed by atoms with Crippen LogP contribution < -0.4 is 5.32 Å². The second kappa shape index (κ2) is 9.27. The fraction of sp³-hybridized carbons (Fsp3) is 0.360. The van der Waals surface area contributed by atoms with Crippen molar-refractivity contribution < 1.29 is 32.2 Å². The quantitative estimate of drug-likeness (QED) is 0.387. The molecule has 1 aromatic carbocycles. The number of carbonyl (C=O) groups is 1. The van der Waals surface area contributed by atoms with E-state index < -0.39 is 23.4 Å². The number of aliphatic hydroxyl groups is 1. The largest absolute Gasteiger partial charge is 0.444 e. The number of fused-ring (bicyclic) bond motifs is 1. The van der Waals surface area contributed by atoms with Gasteiger partial charge >= 0.3 is 6.18 Å². The monoisotopic (exact) mass is 515 g/mol. The molecule has 4 heterocycles. The van der Waals surface area contributed by atoms with Crippen molar-refractivity contribution in [1.82, 2.24) is 19.7 Å². The molecule has 1 aliphatic rings. The molecule has 0 unspecified atom stereocenters. The van der Waals surface area contributed by atoms with E-state index in [2.05, 4.69) is 20.4 Å². The van der Waals surface area contributed by atoms with Crippen LogP contribution in [0.3, 0.4) is 0 Å². The molecule has 37 heavy (non-hydrogen) atoms. The molecule has 9 nitrogen and oxygen atoms in total. The molecule has 0 radical (unpaired) electrons. The number of amides is 1. The summed E-state index contributed by atoms with van der Waals surface area (Å²) in [7, 11) is 0. The Labute approximate surface area is 209 Å². The Morgan fingerprint density at radius 3 is 2.65 bits per heavy atom. The normalized spacial score (nSPS) is 15.3. The molecular weight excluding hydrogens is 491 g/mol. The number of aromatic nitrogens is 4. The SMILES string of the molecule is CC(C)(O)c1cc2nn(C3CCOCC3)cc2cc1NC(=O)c1coc(-c2ccnc(C(F)(F)F)c2)n1. The Hall–Kier alpha value is -3.77. The van der Waals surface area contributed by atoms with Crippen LogP contribution in [-0.4, -0.2) is 44.0 Å². The van der Waals surface area contributed by atoms with Gasteiger partial charge in [-0.05, 0) is 51.0 Å². The number of ether oxygens (including phenoxy) is 1. The maximum Gasteiger partial charge on any atom is 0.433 e. The topological polar surface area (TPSA) is 115 Å². The van der Waals surface area contributed by atoms with Crippen LogP contribution in [0, 0.1) is 0 Å². The van der Waals surface area contributed by atoms with Crippen molar-refractivity contribution in [1.29, 1.82) is 0 Å². The predicted octanol–water partition coefficient (Wildman–Crippen LogP) is 4.94. The molecule has 0 bridgehead atoms. The highest BCUT2D eigenvalue weighted by atomic mass is 19.4. The van der Waals surface area contributed by atoms with Crippen molar-refractivity contribution in [3.05, 3.63) is 59.9 Å². The van der Waals surface area contributed by atoms with Gasteiger partial charge in [0.15, 0.2) is 5.69 Å². The van der Waals surface area contributed by atoms with E-state index in [0.29, 0.717) is 30.0 Å². The number of nitrogens with one attached hydrogen (secondary N) is 1. The van der Waals surface area contributed by atoms with Gasteiger partial charge < -0.3 is 19.6 Å². The molecule has 5 rings (SSSR count). The maximum absolute atomic E-state index is 13.0. The first-order chi connectivity index (χ1) is 17.5. The fourth-order valence-corrected chi connectivity index (χ4v) is 4.25. The van der Waals surface area contributed by atoms with E-state index in [9.17, 15) is 23.1 Å². The number of halogens is 3. The van der Waals surface area contributed by atoms with Crippen molar-refractivity contribution in [3.8, 4) is 11.5 Å². The molecule has 0 aliphatic carbocycles. The van der Waals surface area contributed by atoms with Crippen LogP contribution in [0.2, 0.25) is 0 Å². The van der Waals surface area contributed by atoms with E-state index in [0.717, 1.165) is 36.8 Å². The number of alkyl halides is 3. The van der Waals surface area contributed by atoms with E-state index >= 15 is 0 Å². The van der Waals surface area contributed by atoms with Crippen LogP contribution in [0.25, 0.3) is 22.4 Å². The number of nitrogens with zero attached hydrogens (tertiary/aromatic N) is 4. The maximum atomic E-state index is 13.0. The molecular formula is C25H24F3N5O4. The number of rotatable bonds is 5. The van der Waals surface area contributed by atoms with E-state index in [1.165, 1.54) is 6.07 Å². The molecule has 0 spiro atoms. The molecule has 1 amide bonds. The van der Waals surface area contributed by atoms with Gasteiger partial charge in [-0.3, -0.25) is 14.5 Å². The van der Waals surface area contributed by atoms with Gasteiger partial charge in [-0.25, -0.2) is 4.98 Å². The number of hydrogen-bond donors (Lipinski definition) is 2. The van der Waals surface area contributed by atoms with E-state index in [-0.39, 0.29) is 23.2 Å². The van der Waals surface area contributed by atoms with Crippen LogP contribution >= 0.6 is 0 Å². The minimum atomic E-state index is -4.63. The number of anilines is 1. The smallest absolute Gasteiger partial charge is 0.433 e. The molecule has 3 aromatic heterocycles. The van der Waals surface area contributed by atoms with Gasteiger partial charge in [0.1, 0.15) is 12.0 Å². The zero-order valence-electron chi connectivity index (χ0n) is 20.0. The van der Waals surface area contributed by atoms with Crippen molar-refractivity contribution in [2.75, 3.05) is 18.5 Å². The Kier molecular flexibility index (Phi) is 6.24.